The zero-order valence-corrected chi connectivity index (χ0v) is 9.89. The second-order valence-corrected chi connectivity index (χ2v) is 3.99. The third-order valence-corrected chi connectivity index (χ3v) is 2.86. The summed E-state index contributed by atoms with van der Waals surface area (Å²) in [5.74, 6) is 0.617. The van der Waals surface area contributed by atoms with Crippen LogP contribution in [0.15, 0.2) is 18.2 Å². The standard InChI is InChI=1S/C12H16N4O/c1-17-12-4-2-3-10(15-12)9-16-6-5-14-8-11(16)7-13/h2-4,11,14H,5-6,8-9H2,1H3. The van der Waals surface area contributed by atoms with Crippen LogP contribution in [0.5, 0.6) is 5.88 Å². The molecule has 1 aromatic heterocycles. The molecule has 5 nitrogen and oxygen atoms in total. The molecule has 0 aliphatic carbocycles. The molecule has 1 atom stereocenters. The highest BCUT2D eigenvalue weighted by atomic mass is 16.5. The van der Waals surface area contributed by atoms with Crippen LogP contribution in [0.3, 0.4) is 0 Å². The molecule has 0 bridgehead atoms. The molecule has 5 heteroatoms. The van der Waals surface area contributed by atoms with Gasteiger partial charge in [-0.05, 0) is 6.07 Å². The lowest BCUT2D eigenvalue weighted by Crippen LogP contribution is -2.50. The van der Waals surface area contributed by atoms with Gasteiger partial charge in [0.2, 0.25) is 5.88 Å². The molecule has 1 aromatic rings. The smallest absolute Gasteiger partial charge is 0.213 e. The van der Waals surface area contributed by atoms with Gasteiger partial charge in [0.05, 0.1) is 18.9 Å². The molecule has 1 unspecified atom stereocenters. The summed E-state index contributed by atoms with van der Waals surface area (Å²) < 4.78 is 5.09. The minimum atomic E-state index is -0.0725. The van der Waals surface area contributed by atoms with Crippen LogP contribution < -0.4 is 10.1 Å². The first-order valence-corrected chi connectivity index (χ1v) is 5.68. The molecule has 17 heavy (non-hydrogen) atoms. The predicted octanol–water partition coefficient (Wildman–Crippen LogP) is 0.388. The molecular formula is C12H16N4O. The molecule has 0 saturated carbocycles. The van der Waals surface area contributed by atoms with Gasteiger partial charge in [-0.2, -0.15) is 5.26 Å². The lowest BCUT2D eigenvalue weighted by Gasteiger charge is -2.31. The fourth-order valence-corrected chi connectivity index (χ4v) is 1.93. The SMILES string of the molecule is COc1cccc(CN2CCNCC2C#N)n1. The zero-order valence-electron chi connectivity index (χ0n) is 9.89. The minimum Gasteiger partial charge on any atom is -0.481 e. The van der Waals surface area contributed by atoms with Crippen molar-refractivity contribution in [3.63, 3.8) is 0 Å². The quantitative estimate of drug-likeness (QED) is 0.816. The third-order valence-electron chi connectivity index (χ3n) is 2.86. The van der Waals surface area contributed by atoms with Crippen molar-refractivity contribution in [2.24, 2.45) is 0 Å². The van der Waals surface area contributed by atoms with E-state index in [4.69, 9.17) is 10.00 Å². The van der Waals surface area contributed by atoms with Crippen molar-refractivity contribution in [2.45, 2.75) is 12.6 Å². The number of aromatic nitrogens is 1. The van der Waals surface area contributed by atoms with E-state index in [9.17, 15) is 0 Å². The summed E-state index contributed by atoms with van der Waals surface area (Å²) in [5.41, 5.74) is 0.937. The molecule has 0 aromatic carbocycles. The van der Waals surface area contributed by atoms with Crippen molar-refractivity contribution >= 4 is 0 Å². The minimum absolute atomic E-state index is 0.0725. The first-order valence-electron chi connectivity index (χ1n) is 5.68. The monoisotopic (exact) mass is 232 g/mol. The molecule has 2 rings (SSSR count). The average molecular weight is 232 g/mol. The Morgan fingerprint density at radius 2 is 2.53 bits per heavy atom. The summed E-state index contributed by atoms with van der Waals surface area (Å²) in [6, 6.07) is 7.94. The Hall–Kier alpha value is -1.64. The third kappa shape index (κ3) is 2.93. The maximum absolute atomic E-state index is 9.06. The van der Waals surface area contributed by atoms with E-state index in [0.29, 0.717) is 12.4 Å². The molecule has 2 heterocycles. The first-order chi connectivity index (χ1) is 8.33. The van der Waals surface area contributed by atoms with Gasteiger partial charge < -0.3 is 10.1 Å². The van der Waals surface area contributed by atoms with Crippen molar-refractivity contribution in [3.8, 4) is 11.9 Å². The lowest BCUT2D eigenvalue weighted by atomic mass is 10.2. The van der Waals surface area contributed by atoms with Gasteiger partial charge in [0.1, 0.15) is 6.04 Å². The van der Waals surface area contributed by atoms with E-state index in [1.807, 2.05) is 18.2 Å². The largest absolute Gasteiger partial charge is 0.481 e. The predicted molar refractivity (Wildman–Crippen MR) is 63.5 cm³/mol. The van der Waals surface area contributed by atoms with Gasteiger partial charge in [0.25, 0.3) is 0 Å². The fraction of sp³-hybridized carbons (Fsp3) is 0.500. The summed E-state index contributed by atoms with van der Waals surface area (Å²) >= 11 is 0. The average Bonchev–Trinajstić information content (AvgIpc) is 2.39. The molecule has 0 spiro atoms. The van der Waals surface area contributed by atoms with Crippen LogP contribution in [0.1, 0.15) is 5.69 Å². The number of rotatable bonds is 3. The molecule has 1 saturated heterocycles. The summed E-state index contributed by atoms with van der Waals surface area (Å²) in [4.78, 5) is 6.50. The number of nitrogens with one attached hydrogen (secondary N) is 1. The summed E-state index contributed by atoms with van der Waals surface area (Å²) in [7, 11) is 1.61. The van der Waals surface area contributed by atoms with E-state index in [2.05, 4.69) is 21.3 Å². The van der Waals surface area contributed by atoms with Gasteiger partial charge in [0, 0.05) is 32.2 Å². The maximum Gasteiger partial charge on any atom is 0.213 e. The van der Waals surface area contributed by atoms with Gasteiger partial charge in [-0.15, -0.1) is 0 Å². The summed E-state index contributed by atoms with van der Waals surface area (Å²) in [6.45, 7) is 3.21. The number of ether oxygens (including phenoxy) is 1. The van der Waals surface area contributed by atoms with Crippen molar-refractivity contribution in [1.29, 1.82) is 5.26 Å². The van der Waals surface area contributed by atoms with E-state index in [-0.39, 0.29) is 6.04 Å². The fourth-order valence-electron chi connectivity index (χ4n) is 1.93. The molecular weight excluding hydrogens is 216 g/mol. The first kappa shape index (κ1) is 11.8. The maximum atomic E-state index is 9.06. The van der Waals surface area contributed by atoms with Gasteiger partial charge in [-0.25, -0.2) is 4.98 Å². The number of nitrogens with zero attached hydrogens (tertiary/aromatic N) is 3. The number of hydrogen-bond acceptors (Lipinski definition) is 5. The van der Waals surface area contributed by atoms with Crippen molar-refractivity contribution in [1.82, 2.24) is 15.2 Å². The Bertz CT molecular complexity index is 415. The normalized spacial score (nSPS) is 20.8. The summed E-state index contributed by atoms with van der Waals surface area (Å²) in [5, 5.41) is 12.3. The number of pyridine rings is 1. The number of hydrogen-bond donors (Lipinski definition) is 1. The van der Waals surface area contributed by atoms with Gasteiger partial charge in [0.15, 0.2) is 0 Å². The molecule has 0 amide bonds. The molecule has 0 radical (unpaired) electrons. The molecule has 1 aliphatic heterocycles. The molecule has 1 aliphatic rings. The number of nitriles is 1. The molecule has 1 N–H and O–H groups in total. The molecule has 90 valence electrons. The van der Waals surface area contributed by atoms with Crippen LogP contribution in [-0.2, 0) is 6.54 Å². The highest BCUT2D eigenvalue weighted by Crippen LogP contribution is 2.11. The van der Waals surface area contributed by atoms with Crippen LogP contribution in [-0.4, -0.2) is 42.7 Å². The van der Waals surface area contributed by atoms with E-state index >= 15 is 0 Å². The summed E-state index contributed by atoms with van der Waals surface area (Å²) in [6.07, 6.45) is 0. The molecule has 1 fully saturated rings. The Kier molecular flexibility index (Phi) is 3.91. The van der Waals surface area contributed by atoms with Crippen LogP contribution in [0.4, 0.5) is 0 Å². The van der Waals surface area contributed by atoms with E-state index < -0.39 is 0 Å². The van der Waals surface area contributed by atoms with Crippen LogP contribution in [0, 0.1) is 11.3 Å². The van der Waals surface area contributed by atoms with E-state index in [0.717, 1.165) is 25.3 Å². The Morgan fingerprint density at radius 1 is 1.65 bits per heavy atom. The van der Waals surface area contributed by atoms with Crippen LogP contribution in [0.25, 0.3) is 0 Å². The van der Waals surface area contributed by atoms with E-state index in [1.165, 1.54) is 0 Å². The Labute approximate surface area is 101 Å². The van der Waals surface area contributed by atoms with E-state index in [1.54, 1.807) is 7.11 Å². The van der Waals surface area contributed by atoms with Crippen molar-refractivity contribution < 1.29 is 4.74 Å². The zero-order chi connectivity index (χ0) is 12.1. The second kappa shape index (κ2) is 5.62. The Balaban J connectivity index is 2.06. The number of methoxy groups -OCH3 is 1. The van der Waals surface area contributed by atoms with Crippen molar-refractivity contribution in [3.05, 3.63) is 23.9 Å². The topological polar surface area (TPSA) is 61.2 Å². The number of piperazine rings is 1. The second-order valence-electron chi connectivity index (χ2n) is 3.99. The van der Waals surface area contributed by atoms with Crippen molar-refractivity contribution in [2.75, 3.05) is 26.7 Å². The Morgan fingerprint density at radius 3 is 3.29 bits per heavy atom. The van der Waals surface area contributed by atoms with Gasteiger partial charge in [-0.3, -0.25) is 4.90 Å². The highest BCUT2D eigenvalue weighted by molar-refractivity contribution is 5.16. The highest BCUT2D eigenvalue weighted by Gasteiger charge is 2.21. The van der Waals surface area contributed by atoms with Gasteiger partial charge >= 0.3 is 0 Å². The van der Waals surface area contributed by atoms with Crippen LogP contribution >= 0.6 is 0 Å². The lowest BCUT2D eigenvalue weighted by molar-refractivity contribution is 0.186. The van der Waals surface area contributed by atoms with Gasteiger partial charge in [-0.1, -0.05) is 6.07 Å². The van der Waals surface area contributed by atoms with Crippen LogP contribution in [0.2, 0.25) is 0 Å².